The topological polar surface area (TPSA) is 93.5 Å². The summed E-state index contributed by atoms with van der Waals surface area (Å²) in [5.41, 5.74) is 4.00. The van der Waals surface area contributed by atoms with Crippen LogP contribution in [-0.2, 0) is 20.7 Å². The number of alkyl halides is 1. The highest BCUT2D eigenvalue weighted by molar-refractivity contribution is 5.82. The van der Waals surface area contributed by atoms with Crippen molar-refractivity contribution in [2.45, 2.75) is 105 Å². The van der Waals surface area contributed by atoms with Gasteiger partial charge in [-0.3, -0.25) is 19.1 Å². The molecule has 4 rings (SSSR count). The van der Waals surface area contributed by atoms with Crippen LogP contribution in [0.15, 0.2) is 41.3 Å². The van der Waals surface area contributed by atoms with Crippen LogP contribution in [0.1, 0.15) is 106 Å². The van der Waals surface area contributed by atoms with Gasteiger partial charge in [0.05, 0.1) is 24.8 Å². The van der Waals surface area contributed by atoms with Crippen molar-refractivity contribution in [3.8, 4) is 11.1 Å². The molecule has 1 aliphatic rings. The number of carbonyl (C=O) groups is 2. The Bertz CT molecular complexity index is 1700. The molecule has 0 spiro atoms. The van der Waals surface area contributed by atoms with Crippen LogP contribution in [0.4, 0.5) is 8.78 Å². The number of hydrogen-bond acceptors (Lipinski definition) is 6. The number of likely N-dealkylation sites (tertiary alicyclic amines) is 1. The number of ether oxygens (including phenoxy) is 1. The Morgan fingerprint density at radius 1 is 1.06 bits per heavy atom. The lowest BCUT2D eigenvalue weighted by Gasteiger charge is -2.42. The predicted molar refractivity (Wildman–Crippen MR) is 189 cm³/mol. The maximum Gasteiger partial charge on any atom is 0.348 e. The second-order valence-electron chi connectivity index (χ2n) is 14.5. The highest BCUT2D eigenvalue weighted by Crippen LogP contribution is 2.34. The van der Waals surface area contributed by atoms with E-state index in [4.69, 9.17) is 4.74 Å². The first-order valence-corrected chi connectivity index (χ1v) is 17.4. The molecule has 8 nitrogen and oxygen atoms in total. The lowest BCUT2D eigenvalue weighted by atomic mass is 9.90. The van der Waals surface area contributed by atoms with E-state index in [1.807, 2.05) is 64.6 Å². The van der Waals surface area contributed by atoms with Gasteiger partial charge in [0.2, 0.25) is 5.91 Å². The van der Waals surface area contributed by atoms with Gasteiger partial charge < -0.3 is 10.1 Å². The number of carbonyl (C=O) groups excluding carboxylic acids is 2. The van der Waals surface area contributed by atoms with E-state index in [9.17, 15) is 18.8 Å². The van der Waals surface area contributed by atoms with Crippen molar-refractivity contribution >= 4 is 11.9 Å². The summed E-state index contributed by atoms with van der Waals surface area (Å²) in [5, 5.41) is 2.95. The second-order valence-corrected chi connectivity index (χ2v) is 14.5. The lowest BCUT2D eigenvalue weighted by molar-refractivity contribution is -0.144. The number of hydrogen-bond donors (Lipinski definition) is 1. The number of aryl methyl sites for hydroxylation is 3. The van der Waals surface area contributed by atoms with Gasteiger partial charge in [-0.05, 0) is 105 Å². The zero-order valence-electron chi connectivity index (χ0n) is 30.5. The van der Waals surface area contributed by atoms with Gasteiger partial charge in [-0.25, -0.2) is 13.6 Å². The molecule has 2 heterocycles. The van der Waals surface area contributed by atoms with Crippen molar-refractivity contribution in [2.75, 3.05) is 26.2 Å². The molecule has 0 aliphatic carbocycles. The molecule has 1 N–H and O–H groups in total. The van der Waals surface area contributed by atoms with Crippen molar-refractivity contribution in [3.63, 3.8) is 0 Å². The molecule has 2 aromatic carbocycles. The van der Waals surface area contributed by atoms with Crippen LogP contribution in [0.25, 0.3) is 11.1 Å². The van der Waals surface area contributed by atoms with Crippen molar-refractivity contribution in [2.24, 2.45) is 5.92 Å². The molecule has 1 aliphatic heterocycles. The van der Waals surface area contributed by atoms with E-state index >= 15 is 4.39 Å². The number of benzene rings is 2. The van der Waals surface area contributed by atoms with E-state index in [-0.39, 0.29) is 30.4 Å². The highest BCUT2D eigenvalue weighted by Gasteiger charge is 2.38. The second kappa shape index (κ2) is 15.7. The number of nitrogens with zero attached hydrogens (tertiary/aromatic N) is 3. The normalized spacial score (nSPS) is 15.6. The van der Waals surface area contributed by atoms with Crippen LogP contribution in [0.2, 0.25) is 0 Å². The molecule has 49 heavy (non-hydrogen) atoms. The summed E-state index contributed by atoms with van der Waals surface area (Å²) >= 11 is 0. The summed E-state index contributed by atoms with van der Waals surface area (Å²) in [5.74, 6) is -1.67. The van der Waals surface area contributed by atoms with E-state index in [2.05, 4.69) is 10.3 Å². The third-order valence-electron chi connectivity index (χ3n) is 9.17. The van der Waals surface area contributed by atoms with E-state index in [1.54, 1.807) is 39.1 Å². The summed E-state index contributed by atoms with van der Waals surface area (Å²) in [6.07, 6.45) is 2.25. The summed E-state index contributed by atoms with van der Waals surface area (Å²) in [4.78, 5) is 47.2. The molecule has 266 valence electrons. The third-order valence-corrected chi connectivity index (χ3v) is 9.17. The van der Waals surface area contributed by atoms with E-state index in [1.165, 1.54) is 4.57 Å². The van der Waals surface area contributed by atoms with Crippen LogP contribution in [0.3, 0.4) is 0 Å². The standard InChI is InChI=1S/C39H52F2N4O4/c1-10-49-33(46)19-31(30-18-29(17-27(8)35(30)40)34-25(6)12-11-13-26(34)7)42-37(47)32(16-23(2)3)45-20-28(36(24(4)5)43-38(45)48)14-15-44-21-39(9,41)22-44/h11-13,17-18,20,23-24,31-32H,10,14-16,19,21-22H2,1-9H3,(H,42,47)/t31-,32-/m0/s1. The van der Waals surface area contributed by atoms with E-state index in [0.29, 0.717) is 43.7 Å². The highest BCUT2D eigenvalue weighted by atomic mass is 19.1. The Kier molecular flexibility index (Phi) is 12.2. The largest absolute Gasteiger partial charge is 0.466 e. The molecule has 1 amide bonds. The Hall–Kier alpha value is -3.92. The molecule has 10 heteroatoms. The monoisotopic (exact) mass is 678 g/mol. The lowest BCUT2D eigenvalue weighted by Crippen LogP contribution is -2.57. The number of aromatic nitrogens is 2. The van der Waals surface area contributed by atoms with Gasteiger partial charge >= 0.3 is 11.7 Å². The van der Waals surface area contributed by atoms with Crippen molar-refractivity contribution in [1.82, 2.24) is 19.8 Å². The molecule has 2 atom stereocenters. The average Bonchev–Trinajstić information content (AvgIpc) is 2.99. The van der Waals surface area contributed by atoms with Crippen molar-refractivity contribution < 1.29 is 23.1 Å². The minimum absolute atomic E-state index is 0.00837. The first kappa shape index (κ1) is 37.9. The molecule has 1 fully saturated rings. The molecule has 0 unspecified atom stereocenters. The summed E-state index contributed by atoms with van der Waals surface area (Å²) in [7, 11) is 0. The fourth-order valence-electron chi connectivity index (χ4n) is 6.91. The maximum absolute atomic E-state index is 16.0. The van der Waals surface area contributed by atoms with E-state index in [0.717, 1.165) is 27.8 Å². The van der Waals surface area contributed by atoms with Gasteiger partial charge in [0.1, 0.15) is 17.5 Å². The first-order chi connectivity index (χ1) is 23.0. The number of halogens is 2. The van der Waals surface area contributed by atoms with Crippen molar-refractivity contribution in [1.29, 1.82) is 0 Å². The number of rotatable bonds is 14. The summed E-state index contributed by atoms with van der Waals surface area (Å²) in [6, 6.07) is 7.36. The van der Waals surface area contributed by atoms with Crippen molar-refractivity contribution in [3.05, 3.63) is 86.3 Å². The van der Waals surface area contributed by atoms with Gasteiger partial charge in [0, 0.05) is 31.4 Å². The molecule has 0 radical (unpaired) electrons. The van der Waals surface area contributed by atoms with Gasteiger partial charge in [0.25, 0.3) is 0 Å². The number of amides is 1. The zero-order chi connectivity index (χ0) is 36.2. The molecule has 3 aromatic rings. The quantitative estimate of drug-likeness (QED) is 0.183. The fourth-order valence-corrected chi connectivity index (χ4v) is 6.91. The van der Waals surface area contributed by atoms with Crippen LogP contribution in [0.5, 0.6) is 0 Å². The first-order valence-electron chi connectivity index (χ1n) is 17.4. The van der Waals surface area contributed by atoms with Gasteiger partial charge in [-0.1, -0.05) is 45.9 Å². The summed E-state index contributed by atoms with van der Waals surface area (Å²) < 4.78 is 36.8. The molecule has 0 saturated carbocycles. The van der Waals surface area contributed by atoms with Crippen LogP contribution in [-0.4, -0.2) is 58.2 Å². The molecular formula is C39H52F2N4O4. The van der Waals surface area contributed by atoms with Crippen LogP contribution in [0, 0.1) is 32.5 Å². The Labute approximate surface area is 289 Å². The van der Waals surface area contributed by atoms with E-state index < -0.39 is 41.1 Å². The number of esters is 1. The van der Waals surface area contributed by atoms with Crippen LogP contribution < -0.4 is 11.0 Å². The Morgan fingerprint density at radius 3 is 2.29 bits per heavy atom. The minimum atomic E-state index is -1.20. The Morgan fingerprint density at radius 2 is 1.71 bits per heavy atom. The third kappa shape index (κ3) is 9.21. The average molecular weight is 679 g/mol. The molecule has 0 bridgehead atoms. The van der Waals surface area contributed by atoms with Crippen LogP contribution >= 0.6 is 0 Å². The fraction of sp³-hybridized carbons (Fsp3) is 0.538. The Balaban J connectivity index is 1.75. The minimum Gasteiger partial charge on any atom is -0.466 e. The zero-order valence-corrected chi connectivity index (χ0v) is 30.5. The van der Waals surface area contributed by atoms with Gasteiger partial charge in [-0.15, -0.1) is 0 Å². The van der Waals surface area contributed by atoms with Gasteiger partial charge in [-0.2, -0.15) is 4.98 Å². The SMILES string of the molecule is CCOC(=O)C[C@H](NC(=O)[C@H](CC(C)C)n1cc(CCN2CC(C)(F)C2)c(C(C)C)nc1=O)c1cc(-c2c(C)cccc2C)cc(C)c1F. The molecule has 1 aromatic heterocycles. The molecule has 1 saturated heterocycles. The molecular weight excluding hydrogens is 626 g/mol. The number of nitrogens with one attached hydrogen (secondary N) is 1. The maximum atomic E-state index is 16.0. The van der Waals surface area contributed by atoms with Gasteiger partial charge in [0.15, 0.2) is 0 Å². The predicted octanol–water partition coefficient (Wildman–Crippen LogP) is 7.08. The summed E-state index contributed by atoms with van der Waals surface area (Å²) in [6.45, 7) is 18.1. The smallest absolute Gasteiger partial charge is 0.348 e.